The van der Waals surface area contributed by atoms with E-state index in [4.69, 9.17) is 5.11 Å². The van der Waals surface area contributed by atoms with Gasteiger partial charge in [0.2, 0.25) is 0 Å². The minimum absolute atomic E-state index is 0.179. The third kappa shape index (κ3) is 3.37. The Bertz CT molecular complexity index is 373. The van der Waals surface area contributed by atoms with E-state index in [0.29, 0.717) is 5.82 Å². The molecular formula is C10H15N3O2S. The highest BCUT2D eigenvalue weighted by Crippen LogP contribution is 2.16. The normalized spacial score (nSPS) is 14.2. The highest BCUT2D eigenvalue weighted by atomic mass is 32.2. The Labute approximate surface area is 98.7 Å². The first-order valence-electron chi connectivity index (χ1n) is 4.90. The molecule has 5 nitrogen and oxygen atoms in total. The quantitative estimate of drug-likeness (QED) is 0.604. The van der Waals surface area contributed by atoms with Gasteiger partial charge in [-0.15, -0.1) is 11.8 Å². The van der Waals surface area contributed by atoms with Crippen LogP contribution in [-0.4, -0.2) is 33.3 Å². The van der Waals surface area contributed by atoms with Crippen LogP contribution in [0.3, 0.4) is 0 Å². The maximum Gasteiger partial charge on any atom is 0.308 e. The summed E-state index contributed by atoms with van der Waals surface area (Å²) in [4.78, 5) is 18.9. The maximum absolute atomic E-state index is 10.8. The molecule has 0 saturated carbocycles. The van der Waals surface area contributed by atoms with Crippen molar-refractivity contribution in [1.29, 1.82) is 0 Å². The number of hydrogen-bond acceptors (Lipinski definition) is 5. The summed E-state index contributed by atoms with van der Waals surface area (Å²) < 4.78 is 0. The van der Waals surface area contributed by atoms with Gasteiger partial charge < -0.3 is 10.4 Å². The second-order valence-electron chi connectivity index (χ2n) is 3.51. The highest BCUT2D eigenvalue weighted by Gasteiger charge is 2.19. The molecule has 0 amide bonds. The second-order valence-corrected chi connectivity index (χ2v) is 4.33. The number of nitrogens with zero attached hydrogens (tertiary/aromatic N) is 2. The molecule has 0 aliphatic rings. The standard InChI is InChI=1S/C10H15N3O2S/c1-6(10(14)15)7(2)13-8-4-9(16-3)12-5-11-8/h4-7H,1-3H3,(H,14,15)(H,11,12,13). The van der Waals surface area contributed by atoms with Crippen molar-refractivity contribution in [2.24, 2.45) is 5.92 Å². The molecule has 0 aromatic carbocycles. The lowest BCUT2D eigenvalue weighted by Crippen LogP contribution is -2.30. The molecule has 0 bridgehead atoms. The number of anilines is 1. The van der Waals surface area contributed by atoms with Gasteiger partial charge in [0.05, 0.1) is 5.92 Å². The number of carboxylic acids is 1. The van der Waals surface area contributed by atoms with E-state index in [1.165, 1.54) is 18.1 Å². The molecular weight excluding hydrogens is 226 g/mol. The summed E-state index contributed by atoms with van der Waals surface area (Å²) in [6.45, 7) is 3.48. The summed E-state index contributed by atoms with van der Waals surface area (Å²) in [6.07, 6.45) is 3.39. The SMILES string of the molecule is CSc1cc(NC(C)C(C)C(=O)O)ncn1. The van der Waals surface area contributed by atoms with Crippen molar-refractivity contribution >= 4 is 23.5 Å². The monoisotopic (exact) mass is 241 g/mol. The fraction of sp³-hybridized carbons (Fsp3) is 0.500. The zero-order valence-corrected chi connectivity index (χ0v) is 10.3. The minimum Gasteiger partial charge on any atom is -0.481 e. The van der Waals surface area contributed by atoms with Gasteiger partial charge in [-0.05, 0) is 20.1 Å². The average Bonchev–Trinajstić information content (AvgIpc) is 2.28. The molecule has 0 fully saturated rings. The van der Waals surface area contributed by atoms with Crippen LogP contribution < -0.4 is 5.32 Å². The predicted octanol–water partition coefficient (Wildman–Crippen LogP) is 1.72. The maximum atomic E-state index is 10.8. The molecule has 1 aromatic rings. The lowest BCUT2D eigenvalue weighted by molar-refractivity contribution is -0.141. The topological polar surface area (TPSA) is 75.1 Å². The van der Waals surface area contributed by atoms with E-state index in [1.54, 1.807) is 13.0 Å². The first kappa shape index (κ1) is 12.8. The minimum atomic E-state index is -0.820. The van der Waals surface area contributed by atoms with Crippen LogP contribution in [0.15, 0.2) is 17.4 Å². The summed E-state index contributed by atoms with van der Waals surface area (Å²) in [6, 6.07) is 1.62. The number of carbonyl (C=O) groups is 1. The number of carboxylic acid groups (broad SMARTS) is 1. The van der Waals surface area contributed by atoms with Gasteiger partial charge in [0.15, 0.2) is 0 Å². The van der Waals surface area contributed by atoms with Gasteiger partial charge in [-0.3, -0.25) is 4.79 Å². The molecule has 0 spiro atoms. The number of aromatic nitrogens is 2. The number of nitrogens with one attached hydrogen (secondary N) is 1. The van der Waals surface area contributed by atoms with Gasteiger partial charge in [0.25, 0.3) is 0 Å². The van der Waals surface area contributed by atoms with Crippen molar-refractivity contribution < 1.29 is 9.90 Å². The van der Waals surface area contributed by atoms with Crippen LogP contribution in [0.1, 0.15) is 13.8 Å². The Morgan fingerprint density at radius 1 is 1.50 bits per heavy atom. The zero-order chi connectivity index (χ0) is 12.1. The molecule has 2 unspecified atom stereocenters. The van der Waals surface area contributed by atoms with Crippen LogP contribution in [0.2, 0.25) is 0 Å². The summed E-state index contributed by atoms with van der Waals surface area (Å²) in [5.41, 5.74) is 0. The van der Waals surface area contributed by atoms with Crippen molar-refractivity contribution in [2.75, 3.05) is 11.6 Å². The van der Waals surface area contributed by atoms with Crippen LogP contribution in [0, 0.1) is 5.92 Å². The molecule has 0 aliphatic carbocycles. The average molecular weight is 241 g/mol. The highest BCUT2D eigenvalue weighted by molar-refractivity contribution is 7.98. The number of thioether (sulfide) groups is 1. The molecule has 88 valence electrons. The number of hydrogen-bond donors (Lipinski definition) is 2. The van der Waals surface area contributed by atoms with Crippen LogP contribution in [0.5, 0.6) is 0 Å². The molecule has 16 heavy (non-hydrogen) atoms. The van der Waals surface area contributed by atoms with E-state index < -0.39 is 11.9 Å². The molecule has 1 aromatic heterocycles. The molecule has 0 aliphatic heterocycles. The first-order valence-corrected chi connectivity index (χ1v) is 6.12. The zero-order valence-electron chi connectivity index (χ0n) is 9.47. The Balaban J connectivity index is 2.68. The fourth-order valence-electron chi connectivity index (χ4n) is 1.10. The largest absolute Gasteiger partial charge is 0.481 e. The molecule has 2 N–H and O–H groups in total. The Hall–Kier alpha value is -1.30. The lowest BCUT2D eigenvalue weighted by atomic mass is 10.0. The Kier molecular flexibility index (Phi) is 4.54. The third-order valence-electron chi connectivity index (χ3n) is 2.37. The smallest absolute Gasteiger partial charge is 0.308 e. The summed E-state index contributed by atoms with van der Waals surface area (Å²) in [7, 11) is 0. The van der Waals surface area contributed by atoms with E-state index >= 15 is 0 Å². The summed E-state index contributed by atoms with van der Waals surface area (Å²) >= 11 is 1.52. The second kappa shape index (κ2) is 5.69. The van der Waals surface area contributed by atoms with Crippen molar-refractivity contribution in [3.05, 3.63) is 12.4 Å². The van der Waals surface area contributed by atoms with E-state index in [1.807, 2.05) is 13.2 Å². The van der Waals surface area contributed by atoms with Gasteiger partial charge in [-0.2, -0.15) is 0 Å². The molecule has 6 heteroatoms. The number of aliphatic carboxylic acids is 1. The van der Waals surface area contributed by atoms with E-state index in [9.17, 15) is 4.79 Å². The summed E-state index contributed by atoms with van der Waals surface area (Å²) in [5, 5.41) is 12.8. The lowest BCUT2D eigenvalue weighted by Gasteiger charge is -2.18. The van der Waals surface area contributed by atoms with Crippen LogP contribution in [0.25, 0.3) is 0 Å². The van der Waals surface area contributed by atoms with Crippen molar-refractivity contribution in [2.45, 2.75) is 24.9 Å². The van der Waals surface area contributed by atoms with Gasteiger partial charge in [0, 0.05) is 12.1 Å². The Morgan fingerprint density at radius 2 is 2.19 bits per heavy atom. The third-order valence-corrected chi connectivity index (χ3v) is 3.01. The van der Waals surface area contributed by atoms with Crippen LogP contribution in [0.4, 0.5) is 5.82 Å². The Morgan fingerprint density at radius 3 is 2.75 bits per heavy atom. The van der Waals surface area contributed by atoms with Gasteiger partial charge in [-0.1, -0.05) is 0 Å². The predicted molar refractivity (Wildman–Crippen MR) is 63.7 cm³/mol. The van der Waals surface area contributed by atoms with Gasteiger partial charge in [-0.25, -0.2) is 9.97 Å². The number of rotatable bonds is 5. The van der Waals surface area contributed by atoms with Crippen LogP contribution >= 0.6 is 11.8 Å². The van der Waals surface area contributed by atoms with Crippen LogP contribution in [-0.2, 0) is 4.79 Å². The fourth-order valence-corrected chi connectivity index (χ4v) is 1.48. The summed E-state index contributed by atoms with van der Waals surface area (Å²) in [5.74, 6) is -0.633. The van der Waals surface area contributed by atoms with Crippen molar-refractivity contribution in [3.8, 4) is 0 Å². The van der Waals surface area contributed by atoms with Gasteiger partial charge >= 0.3 is 5.97 Å². The van der Waals surface area contributed by atoms with E-state index in [2.05, 4.69) is 15.3 Å². The molecule has 1 heterocycles. The van der Waals surface area contributed by atoms with Crippen molar-refractivity contribution in [3.63, 3.8) is 0 Å². The van der Waals surface area contributed by atoms with Gasteiger partial charge in [0.1, 0.15) is 17.2 Å². The van der Waals surface area contributed by atoms with E-state index in [0.717, 1.165) is 5.03 Å². The molecule has 0 radical (unpaired) electrons. The molecule has 2 atom stereocenters. The molecule has 1 rings (SSSR count). The first-order chi connectivity index (χ1) is 7.54. The molecule has 0 saturated heterocycles. The van der Waals surface area contributed by atoms with E-state index in [-0.39, 0.29) is 6.04 Å². The van der Waals surface area contributed by atoms with Crippen molar-refractivity contribution in [1.82, 2.24) is 9.97 Å².